The number of anilines is 1. The molecule has 2 amide bonds. The average molecular weight is 358 g/mol. The largest absolute Gasteiger partial charge is 0.401 e. The molecule has 138 valence electrons. The second-order valence-electron chi connectivity index (χ2n) is 6.31. The van der Waals surface area contributed by atoms with Crippen molar-refractivity contribution in [2.45, 2.75) is 18.6 Å². The lowest BCUT2D eigenvalue weighted by Crippen LogP contribution is -2.54. The number of nitrogens with one attached hydrogen (secondary N) is 1. The zero-order chi connectivity index (χ0) is 17.9. The van der Waals surface area contributed by atoms with E-state index in [9.17, 15) is 18.0 Å². The maximum atomic E-state index is 12.4. The molecule has 2 saturated heterocycles. The van der Waals surface area contributed by atoms with Crippen molar-refractivity contribution in [1.82, 2.24) is 25.1 Å². The first-order valence-electron chi connectivity index (χ1n) is 8.27. The molecule has 1 unspecified atom stereocenters. The number of hydrogen-bond acceptors (Lipinski definition) is 5. The molecule has 1 N–H and O–H groups in total. The summed E-state index contributed by atoms with van der Waals surface area (Å²) in [5.74, 6) is 0.640. The van der Waals surface area contributed by atoms with E-state index in [1.54, 1.807) is 23.4 Å². The quantitative estimate of drug-likeness (QED) is 0.872. The molecule has 0 aliphatic carbocycles. The molecule has 3 heterocycles. The number of likely N-dealkylation sites (tertiary alicyclic amines) is 1. The Morgan fingerprint density at radius 3 is 2.48 bits per heavy atom. The van der Waals surface area contributed by atoms with Crippen molar-refractivity contribution in [1.29, 1.82) is 0 Å². The molecule has 7 nitrogen and oxygen atoms in total. The van der Waals surface area contributed by atoms with E-state index in [4.69, 9.17) is 0 Å². The summed E-state index contributed by atoms with van der Waals surface area (Å²) in [5, 5.41) is 2.85. The molecule has 25 heavy (non-hydrogen) atoms. The van der Waals surface area contributed by atoms with Crippen LogP contribution in [-0.2, 0) is 0 Å². The highest BCUT2D eigenvalue weighted by Crippen LogP contribution is 2.20. The van der Waals surface area contributed by atoms with Gasteiger partial charge in [0.2, 0.25) is 5.95 Å². The minimum atomic E-state index is -4.20. The zero-order valence-electron chi connectivity index (χ0n) is 13.7. The van der Waals surface area contributed by atoms with Crippen LogP contribution in [0.4, 0.5) is 23.9 Å². The molecule has 2 aliphatic heterocycles. The highest BCUT2D eigenvalue weighted by Gasteiger charge is 2.35. The summed E-state index contributed by atoms with van der Waals surface area (Å²) in [6, 6.07) is 1.30. The fourth-order valence-corrected chi connectivity index (χ4v) is 3.18. The predicted molar refractivity (Wildman–Crippen MR) is 85.2 cm³/mol. The topological polar surface area (TPSA) is 64.6 Å². The van der Waals surface area contributed by atoms with Gasteiger partial charge in [0.25, 0.3) is 0 Å². The first-order valence-corrected chi connectivity index (χ1v) is 8.27. The highest BCUT2D eigenvalue weighted by atomic mass is 19.4. The molecule has 2 aliphatic rings. The number of nitrogens with zero attached hydrogens (tertiary/aromatic N) is 5. The van der Waals surface area contributed by atoms with Gasteiger partial charge in [-0.05, 0) is 12.5 Å². The Labute approximate surface area is 143 Å². The maximum absolute atomic E-state index is 12.4. The van der Waals surface area contributed by atoms with Crippen LogP contribution in [0.2, 0.25) is 0 Å². The van der Waals surface area contributed by atoms with E-state index in [0.717, 1.165) is 0 Å². The number of halogens is 3. The van der Waals surface area contributed by atoms with Crippen LogP contribution in [-0.4, -0.2) is 83.8 Å². The first kappa shape index (κ1) is 17.7. The SMILES string of the molecule is O=C(NC1CCN(CC(F)(F)F)C1)N1CCN(c2ncccn2)CC1. The van der Waals surface area contributed by atoms with Gasteiger partial charge in [-0.15, -0.1) is 0 Å². The summed E-state index contributed by atoms with van der Waals surface area (Å²) in [5.41, 5.74) is 0. The number of hydrogen-bond donors (Lipinski definition) is 1. The van der Waals surface area contributed by atoms with Crippen molar-refractivity contribution in [3.05, 3.63) is 18.5 Å². The highest BCUT2D eigenvalue weighted by molar-refractivity contribution is 5.75. The summed E-state index contributed by atoms with van der Waals surface area (Å²) in [4.78, 5) is 25.7. The van der Waals surface area contributed by atoms with Gasteiger partial charge in [-0.25, -0.2) is 14.8 Å². The predicted octanol–water partition coefficient (Wildman–Crippen LogP) is 0.945. The second kappa shape index (κ2) is 7.42. The van der Waals surface area contributed by atoms with Gasteiger partial charge in [0.15, 0.2) is 0 Å². The second-order valence-corrected chi connectivity index (χ2v) is 6.31. The molecule has 0 bridgehead atoms. The molecule has 1 aromatic heterocycles. The van der Waals surface area contributed by atoms with E-state index >= 15 is 0 Å². The molecule has 1 aromatic rings. The van der Waals surface area contributed by atoms with Crippen LogP contribution in [0, 0.1) is 0 Å². The van der Waals surface area contributed by atoms with Gasteiger partial charge in [-0.3, -0.25) is 4.90 Å². The molecule has 10 heteroatoms. The van der Waals surface area contributed by atoms with Gasteiger partial charge in [-0.1, -0.05) is 0 Å². The number of carbonyl (C=O) groups excluding carboxylic acids is 1. The standard InChI is InChI=1S/C15H21F3N6O/c16-15(17,18)11-22-5-2-12(10-22)21-14(25)24-8-6-23(7-9-24)13-19-3-1-4-20-13/h1,3-4,12H,2,5-11H2,(H,21,25). The monoisotopic (exact) mass is 358 g/mol. The molecule has 1 atom stereocenters. The van der Waals surface area contributed by atoms with E-state index in [2.05, 4.69) is 15.3 Å². The third-order valence-corrected chi connectivity index (χ3v) is 4.40. The van der Waals surface area contributed by atoms with Crippen molar-refractivity contribution in [3.63, 3.8) is 0 Å². The van der Waals surface area contributed by atoms with Crippen molar-refractivity contribution in [3.8, 4) is 0 Å². The number of carbonyl (C=O) groups is 1. The molecule has 2 fully saturated rings. The number of alkyl halides is 3. The summed E-state index contributed by atoms with van der Waals surface area (Å²) in [7, 11) is 0. The van der Waals surface area contributed by atoms with Crippen LogP contribution in [0.5, 0.6) is 0 Å². The van der Waals surface area contributed by atoms with Gasteiger partial charge in [-0.2, -0.15) is 13.2 Å². The summed E-state index contributed by atoms with van der Waals surface area (Å²) < 4.78 is 37.2. The van der Waals surface area contributed by atoms with Crippen LogP contribution in [0.3, 0.4) is 0 Å². The molecule has 0 aromatic carbocycles. The molecular formula is C15H21F3N6O. The Bertz CT molecular complexity index is 576. The van der Waals surface area contributed by atoms with Crippen LogP contribution in [0.25, 0.3) is 0 Å². The number of urea groups is 1. The number of rotatable bonds is 3. The summed E-state index contributed by atoms with van der Waals surface area (Å²) in [6.07, 6.45) is -0.309. The minimum absolute atomic E-state index is 0.215. The maximum Gasteiger partial charge on any atom is 0.401 e. The van der Waals surface area contributed by atoms with Crippen molar-refractivity contribution in [2.75, 3.05) is 50.7 Å². The van der Waals surface area contributed by atoms with Crippen molar-refractivity contribution in [2.24, 2.45) is 0 Å². The van der Waals surface area contributed by atoms with Gasteiger partial charge >= 0.3 is 12.2 Å². The van der Waals surface area contributed by atoms with Crippen LogP contribution >= 0.6 is 0 Å². The molecule has 0 saturated carbocycles. The molecular weight excluding hydrogens is 337 g/mol. The Hall–Kier alpha value is -2.10. The lowest BCUT2D eigenvalue weighted by Gasteiger charge is -2.35. The minimum Gasteiger partial charge on any atom is -0.337 e. The summed E-state index contributed by atoms with van der Waals surface area (Å²) in [6.45, 7) is 1.98. The zero-order valence-corrected chi connectivity index (χ0v) is 13.7. The first-order chi connectivity index (χ1) is 11.9. The van der Waals surface area contributed by atoms with Gasteiger partial charge in [0, 0.05) is 57.7 Å². The van der Waals surface area contributed by atoms with E-state index in [1.165, 1.54) is 4.90 Å². The Morgan fingerprint density at radius 2 is 1.84 bits per heavy atom. The molecule has 3 rings (SSSR count). The lowest BCUT2D eigenvalue weighted by atomic mass is 10.2. The fourth-order valence-electron chi connectivity index (χ4n) is 3.18. The van der Waals surface area contributed by atoms with Crippen LogP contribution in [0.15, 0.2) is 18.5 Å². The van der Waals surface area contributed by atoms with Gasteiger partial charge in [0.1, 0.15) is 0 Å². The van der Waals surface area contributed by atoms with Crippen LogP contribution in [0.1, 0.15) is 6.42 Å². The number of aromatic nitrogens is 2. The lowest BCUT2D eigenvalue weighted by molar-refractivity contribution is -0.143. The molecule has 0 radical (unpaired) electrons. The Morgan fingerprint density at radius 1 is 1.16 bits per heavy atom. The van der Waals surface area contributed by atoms with E-state index in [1.807, 2.05) is 4.90 Å². The number of piperazine rings is 1. The third-order valence-electron chi connectivity index (χ3n) is 4.40. The van der Waals surface area contributed by atoms with Gasteiger partial charge < -0.3 is 15.1 Å². The van der Waals surface area contributed by atoms with E-state index < -0.39 is 12.7 Å². The van der Waals surface area contributed by atoms with Crippen molar-refractivity contribution >= 4 is 12.0 Å². The third kappa shape index (κ3) is 4.94. The smallest absolute Gasteiger partial charge is 0.337 e. The summed E-state index contributed by atoms with van der Waals surface area (Å²) >= 11 is 0. The van der Waals surface area contributed by atoms with Crippen LogP contribution < -0.4 is 10.2 Å². The normalized spacial score (nSPS) is 22.3. The van der Waals surface area contributed by atoms with Crippen molar-refractivity contribution < 1.29 is 18.0 Å². The fraction of sp³-hybridized carbons (Fsp3) is 0.667. The van der Waals surface area contributed by atoms with E-state index in [0.29, 0.717) is 45.1 Å². The van der Waals surface area contributed by atoms with Gasteiger partial charge in [0.05, 0.1) is 6.54 Å². The number of amides is 2. The van der Waals surface area contributed by atoms with E-state index in [-0.39, 0.29) is 18.6 Å². The Balaban J connectivity index is 1.43. The average Bonchev–Trinajstić information content (AvgIpc) is 3.00. The molecule has 0 spiro atoms. The Kier molecular flexibility index (Phi) is 5.26.